The van der Waals surface area contributed by atoms with Gasteiger partial charge in [0.15, 0.2) is 0 Å². The molecule has 3 aliphatic rings. The quantitative estimate of drug-likeness (QED) is 0.183. The molecule has 0 aromatic carbocycles. The van der Waals surface area contributed by atoms with Crippen LogP contribution in [0.1, 0.15) is 33.6 Å². The molecule has 12 atom stereocenters. The molecule has 1 saturated carbocycles. The van der Waals surface area contributed by atoms with E-state index in [2.05, 4.69) is 13.8 Å². The first kappa shape index (κ1) is 34.7. The van der Waals surface area contributed by atoms with Gasteiger partial charge in [-0.05, 0) is 12.2 Å². The topological polar surface area (TPSA) is 180 Å². The Kier molecular flexibility index (Phi) is 16.4. The summed E-state index contributed by atoms with van der Waals surface area (Å²) >= 11 is 0. The Morgan fingerprint density at radius 1 is 0.857 bits per heavy atom. The van der Waals surface area contributed by atoms with Crippen LogP contribution in [0.4, 0.5) is 4.39 Å². The third-order valence-corrected chi connectivity index (χ3v) is 6.10. The smallest absolute Gasteiger partial charge is 0.139 e. The molecule has 0 aromatic heterocycles. The maximum Gasteiger partial charge on any atom is 0.139 e. The number of alkyl halides is 1. The fourth-order valence-corrected chi connectivity index (χ4v) is 3.60. The molecule has 6 radical (unpaired) electrons. The minimum Gasteiger partial charge on any atom is -0.396 e. The minimum absolute atomic E-state index is 0.0860. The number of hydrogen-bond donors (Lipinski definition) is 8. The van der Waals surface area contributed by atoms with Crippen LogP contribution in [0.25, 0.3) is 0 Å². The molecule has 2 aliphatic heterocycles. The maximum absolute atomic E-state index is 12.2. The van der Waals surface area contributed by atoms with E-state index in [1.165, 1.54) is 6.42 Å². The summed E-state index contributed by atoms with van der Waals surface area (Å²) in [5.74, 6) is -0.714. The predicted octanol–water partition coefficient (Wildman–Crippen LogP) is -3.10. The Hall–Kier alpha value is -0.275. The summed E-state index contributed by atoms with van der Waals surface area (Å²) in [6.07, 6.45) is -3.58. The normalized spacial score (nSPS) is 44.4. The van der Waals surface area contributed by atoms with Crippen LogP contribution >= 0.6 is 0 Å². The maximum atomic E-state index is 12.2. The van der Waals surface area contributed by atoms with Gasteiger partial charge in [-0.25, -0.2) is 4.39 Å². The average Bonchev–Trinajstić information content (AvgIpc) is 3.34. The summed E-state index contributed by atoms with van der Waals surface area (Å²) in [4.78, 5) is 0. The van der Waals surface area contributed by atoms with Gasteiger partial charge in [-0.15, -0.1) is 0 Å². The molecule has 1 aliphatic carbocycles. The number of aliphatic hydroxyl groups is 8. The summed E-state index contributed by atoms with van der Waals surface area (Å²) in [6.45, 7) is 4.07. The van der Waals surface area contributed by atoms with Gasteiger partial charge in [0, 0.05) is 24.4 Å². The second kappa shape index (κ2) is 16.5. The van der Waals surface area contributed by atoms with Crippen molar-refractivity contribution in [3.8, 4) is 0 Å². The van der Waals surface area contributed by atoms with Gasteiger partial charge in [-0.2, -0.15) is 0 Å². The van der Waals surface area contributed by atoms with Gasteiger partial charge in [-0.3, -0.25) is 0 Å². The van der Waals surface area contributed by atoms with Crippen LogP contribution in [0.5, 0.6) is 0 Å². The fourth-order valence-electron chi connectivity index (χ4n) is 3.60. The molecule has 200 valence electrons. The third kappa shape index (κ3) is 9.20. The van der Waals surface area contributed by atoms with Gasteiger partial charge < -0.3 is 50.3 Å². The van der Waals surface area contributed by atoms with E-state index in [1.54, 1.807) is 6.92 Å². The van der Waals surface area contributed by atoms with E-state index in [0.29, 0.717) is 6.42 Å². The molecule has 3 rings (SSSR count). The summed E-state index contributed by atoms with van der Waals surface area (Å²) in [6, 6.07) is -1.73. The van der Waals surface area contributed by atoms with Crippen LogP contribution in [0.15, 0.2) is 0 Å². The van der Waals surface area contributed by atoms with Crippen LogP contribution in [0.2, 0.25) is 5.82 Å². The predicted molar refractivity (Wildman–Crippen MR) is 128 cm³/mol. The number of aliphatic hydroxyl groups excluding tert-OH is 7. The minimum atomic E-state index is -2.09. The number of hydrogen-bond acceptors (Lipinski definition) is 10. The van der Waals surface area contributed by atoms with Crippen LogP contribution < -0.4 is 0 Å². The third-order valence-electron chi connectivity index (χ3n) is 6.10. The van der Waals surface area contributed by atoms with Gasteiger partial charge in [0.1, 0.15) is 46.3 Å². The molecule has 35 heavy (non-hydrogen) atoms. The molecule has 2 heterocycles. The van der Waals surface area contributed by atoms with Gasteiger partial charge in [0.25, 0.3) is 0 Å². The first-order chi connectivity index (χ1) is 16.3. The van der Waals surface area contributed by atoms with Crippen molar-refractivity contribution in [2.24, 2.45) is 11.8 Å². The van der Waals surface area contributed by atoms with E-state index in [1.807, 2.05) is 0 Å². The van der Waals surface area contributed by atoms with E-state index < -0.39 is 67.5 Å². The Morgan fingerprint density at radius 2 is 1.37 bits per heavy atom. The number of ether oxygens (including phenoxy) is 2. The van der Waals surface area contributed by atoms with Crippen molar-refractivity contribution in [2.45, 2.75) is 93.7 Å². The highest BCUT2D eigenvalue weighted by Gasteiger charge is 2.52. The molecule has 0 spiro atoms. The van der Waals surface area contributed by atoms with E-state index in [0.717, 1.165) is 0 Å². The largest absolute Gasteiger partial charge is 0.396 e. The second-order valence-electron chi connectivity index (χ2n) is 9.05. The van der Waals surface area contributed by atoms with E-state index in [9.17, 15) is 19.7 Å². The van der Waals surface area contributed by atoms with Crippen molar-refractivity contribution in [1.29, 1.82) is 0 Å². The lowest BCUT2D eigenvalue weighted by atomic mass is 9.81. The van der Waals surface area contributed by atoms with E-state index in [4.69, 9.17) is 58.5 Å². The Morgan fingerprint density at radius 3 is 1.57 bits per heavy atom. The molecule has 14 heteroatoms. The van der Waals surface area contributed by atoms with E-state index in [-0.39, 0.29) is 30.9 Å². The molecule has 0 amide bonds. The molecule has 0 bridgehead atoms. The Balaban J connectivity index is 0.000000471. The Labute approximate surface area is 210 Å². The average molecular weight is 504 g/mol. The van der Waals surface area contributed by atoms with Crippen molar-refractivity contribution >= 4 is 23.5 Å². The van der Waals surface area contributed by atoms with Gasteiger partial charge in [0.05, 0.1) is 45.4 Å². The first-order valence-electron chi connectivity index (χ1n) is 11.7. The zero-order valence-electron chi connectivity index (χ0n) is 20.6. The standard InChI is InChI=1S/C6H10BFO4.2C6H11BO3.C3H8/c7-5-6(11,2-8)4(10)3(1-9)12-5;1-3-5(9)4(2-8)10-6(3)7;7-4-1-3(2-8)5(9)6(4)10;1-3-2/h3-5,9-11H,1-2H2;3-6,8-9H,2H2,1H3;3-6,8-10H,1-2H2;3H2,1-2H3/t3-,4-,5-,6-;3-,4-,5+,6-;3-,4-,5-,6+;/m111./s1. The molecule has 2 saturated heterocycles. The first-order valence-corrected chi connectivity index (χ1v) is 11.7. The summed E-state index contributed by atoms with van der Waals surface area (Å²) in [5, 5.41) is 71.9. The fraction of sp³-hybridized carbons (Fsp3) is 1.00. The summed E-state index contributed by atoms with van der Waals surface area (Å²) in [7, 11) is 16.1. The van der Waals surface area contributed by atoms with Crippen molar-refractivity contribution in [2.75, 3.05) is 26.5 Å². The zero-order chi connectivity index (χ0) is 27.5. The van der Waals surface area contributed by atoms with Crippen LogP contribution in [0, 0.1) is 11.8 Å². The lowest BCUT2D eigenvalue weighted by Crippen LogP contribution is -2.50. The lowest BCUT2D eigenvalue weighted by molar-refractivity contribution is -0.0734. The van der Waals surface area contributed by atoms with Crippen molar-refractivity contribution in [3.05, 3.63) is 0 Å². The lowest BCUT2D eigenvalue weighted by Gasteiger charge is -2.25. The molecule has 10 nitrogen and oxygen atoms in total. The van der Waals surface area contributed by atoms with Crippen molar-refractivity contribution in [1.82, 2.24) is 0 Å². The van der Waals surface area contributed by atoms with Crippen LogP contribution in [-0.2, 0) is 9.47 Å². The highest BCUT2D eigenvalue weighted by molar-refractivity contribution is 6.12. The van der Waals surface area contributed by atoms with E-state index >= 15 is 0 Å². The summed E-state index contributed by atoms with van der Waals surface area (Å²) in [5.41, 5.74) is -2.09. The highest BCUT2D eigenvalue weighted by Crippen LogP contribution is 2.33. The SMILES string of the molecule is CCC.[B][C@@H]1C[C@H](CO)[C@@H](O)[C@H]1O.[B][C@@H]1O[C@H](CO)[C@@H](O)[C@H]1C.[B][C@@H]1O[C@H](CO)[C@@H](O)[C@]1(O)CF. The second-order valence-corrected chi connectivity index (χ2v) is 9.05. The zero-order valence-corrected chi connectivity index (χ0v) is 20.6. The molecule has 0 aromatic rings. The summed E-state index contributed by atoms with van der Waals surface area (Å²) < 4.78 is 22.0. The molecular weight excluding hydrogens is 464 g/mol. The van der Waals surface area contributed by atoms with Crippen LogP contribution in [-0.4, -0.2) is 145 Å². The molecule has 3 fully saturated rings. The highest BCUT2D eigenvalue weighted by atomic mass is 19.1. The van der Waals surface area contributed by atoms with Gasteiger partial charge in [-0.1, -0.05) is 27.2 Å². The number of rotatable bonds is 4. The van der Waals surface area contributed by atoms with Crippen molar-refractivity contribution in [3.63, 3.8) is 0 Å². The van der Waals surface area contributed by atoms with Crippen LogP contribution in [0.3, 0.4) is 0 Å². The molecular formula is C21H40B3FO10. The molecule has 8 N–H and O–H groups in total. The van der Waals surface area contributed by atoms with Gasteiger partial charge in [0.2, 0.25) is 0 Å². The molecule has 0 unspecified atom stereocenters. The van der Waals surface area contributed by atoms with Gasteiger partial charge >= 0.3 is 0 Å². The number of halogens is 1. The van der Waals surface area contributed by atoms with Crippen molar-refractivity contribution < 1.29 is 54.7 Å². The monoisotopic (exact) mass is 504 g/mol. The Bertz CT molecular complexity index is 543.